The van der Waals surface area contributed by atoms with Crippen molar-refractivity contribution in [1.29, 1.82) is 0 Å². The first-order valence-electron chi connectivity index (χ1n) is 8.20. The summed E-state index contributed by atoms with van der Waals surface area (Å²) in [4.78, 5) is 25.6. The average molecular weight is 323 g/mol. The fourth-order valence-electron chi connectivity index (χ4n) is 2.79. The van der Waals surface area contributed by atoms with Crippen LogP contribution in [0.4, 0.5) is 10.5 Å². The van der Waals surface area contributed by atoms with Gasteiger partial charge in [-0.3, -0.25) is 4.79 Å². The largest absolute Gasteiger partial charge is 0.341 e. The van der Waals surface area contributed by atoms with Crippen LogP contribution < -0.4 is 10.6 Å². The Hall–Kier alpha value is -2.82. The molecule has 0 unspecified atom stereocenters. The van der Waals surface area contributed by atoms with Crippen LogP contribution in [0.1, 0.15) is 12.8 Å². The van der Waals surface area contributed by atoms with Crippen molar-refractivity contribution in [2.75, 3.05) is 25.0 Å². The minimum atomic E-state index is -0.366. The van der Waals surface area contributed by atoms with Crippen LogP contribution in [0.15, 0.2) is 54.6 Å². The normalized spacial score (nSPS) is 13.6. The first-order chi connectivity index (χ1) is 11.7. The van der Waals surface area contributed by atoms with Crippen LogP contribution in [-0.4, -0.2) is 36.5 Å². The fraction of sp³-hybridized carbons (Fsp3) is 0.263. The van der Waals surface area contributed by atoms with Crippen LogP contribution in [0.2, 0.25) is 0 Å². The predicted molar refractivity (Wildman–Crippen MR) is 94.7 cm³/mol. The number of carbonyl (C=O) groups excluding carboxylic acids is 2. The van der Waals surface area contributed by atoms with Crippen molar-refractivity contribution in [3.05, 3.63) is 54.6 Å². The quantitative estimate of drug-likeness (QED) is 0.908. The molecule has 0 radical (unpaired) electrons. The molecule has 0 saturated carbocycles. The lowest BCUT2D eigenvalue weighted by molar-refractivity contribution is -0.128. The van der Waals surface area contributed by atoms with Gasteiger partial charge in [0.15, 0.2) is 0 Å². The molecule has 2 aromatic rings. The minimum Gasteiger partial charge on any atom is -0.341 e. The zero-order valence-electron chi connectivity index (χ0n) is 13.5. The molecule has 1 aliphatic rings. The highest BCUT2D eigenvalue weighted by Gasteiger charge is 2.18. The Kier molecular flexibility index (Phi) is 5.11. The highest BCUT2D eigenvalue weighted by atomic mass is 16.2. The van der Waals surface area contributed by atoms with Crippen molar-refractivity contribution in [3.8, 4) is 11.1 Å². The smallest absolute Gasteiger partial charge is 0.319 e. The van der Waals surface area contributed by atoms with E-state index in [4.69, 9.17) is 0 Å². The molecule has 1 saturated heterocycles. The van der Waals surface area contributed by atoms with Crippen molar-refractivity contribution in [1.82, 2.24) is 10.2 Å². The topological polar surface area (TPSA) is 61.4 Å². The van der Waals surface area contributed by atoms with Crippen LogP contribution in [0, 0.1) is 0 Å². The first-order valence-corrected chi connectivity index (χ1v) is 8.20. The molecule has 5 heteroatoms. The Balaban J connectivity index is 1.50. The summed E-state index contributed by atoms with van der Waals surface area (Å²) in [7, 11) is 0. The summed E-state index contributed by atoms with van der Waals surface area (Å²) in [5.74, 6) is -0.0259. The number of rotatable bonds is 4. The van der Waals surface area contributed by atoms with E-state index in [0.717, 1.165) is 37.1 Å². The van der Waals surface area contributed by atoms with E-state index in [2.05, 4.69) is 10.6 Å². The fourth-order valence-corrected chi connectivity index (χ4v) is 2.79. The van der Waals surface area contributed by atoms with Gasteiger partial charge in [-0.05, 0) is 36.1 Å². The molecular formula is C19H21N3O2. The molecule has 2 aromatic carbocycles. The van der Waals surface area contributed by atoms with E-state index in [9.17, 15) is 9.59 Å². The van der Waals surface area contributed by atoms with E-state index >= 15 is 0 Å². The predicted octanol–water partition coefficient (Wildman–Crippen LogP) is 3.10. The number of hydrogen-bond donors (Lipinski definition) is 2. The molecule has 5 nitrogen and oxygen atoms in total. The lowest BCUT2D eigenvalue weighted by atomic mass is 10.1. The van der Waals surface area contributed by atoms with E-state index in [1.54, 1.807) is 4.90 Å². The van der Waals surface area contributed by atoms with Crippen molar-refractivity contribution < 1.29 is 9.59 Å². The standard InChI is InChI=1S/C19H21N3O2/c23-18(22-12-4-5-13-22)14-20-19(24)21-17-10-8-16(9-11-17)15-6-2-1-3-7-15/h1-3,6-11H,4-5,12-14H2,(H2,20,21,24). The second-order valence-corrected chi connectivity index (χ2v) is 5.84. The van der Waals surface area contributed by atoms with Gasteiger partial charge in [0.05, 0.1) is 6.54 Å². The summed E-state index contributed by atoms with van der Waals surface area (Å²) < 4.78 is 0. The molecule has 2 N–H and O–H groups in total. The number of amides is 3. The molecule has 0 atom stereocenters. The lowest BCUT2D eigenvalue weighted by Gasteiger charge is -2.15. The van der Waals surface area contributed by atoms with Gasteiger partial charge < -0.3 is 15.5 Å². The van der Waals surface area contributed by atoms with Crippen LogP contribution in [0.5, 0.6) is 0 Å². The highest BCUT2D eigenvalue weighted by molar-refractivity contribution is 5.92. The Morgan fingerprint density at radius 2 is 1.50 bits per heavy atom. The Morgan fingerprint density at radius 3 is 2.17 bits per heavy atom. The number of urea groups is 1. The minimum absolute atomic E-state index is 0.0259. The van der Waals surface area contributed by atoms with E-state index in [1.807, 2.05) is 54.6 Å². The van der Waals surface area contributed by atoms with E-state index in [1.165, 1.54) is 0 Å². The first kappa shape index (κ1) is 16.1. The van der Waals surface area contributed by atoms with E-state index < -0.39 is 0 Å². The van der Waals surface area contributed by atoms with Gasteiger partial charge in [-0.2, -0.15) is 0 Å². The molecule has 1 heterocycles. The number of nitrogens with zero attached hydrogens (tertiary/aromatic N) is 1. The zero-order chi connectivity index (χ0) is 16.8. The second-order valence-electron chi connectivity index (χ2n) is 5.84. The molecule has 124 valence electrons. The summed E-state index contributed by atoms with van der Waals surface area (Å²) in [6.45, 7) is 1.63. The number of anilines is 1. The summed E-state index contributed by atoms with van der Waals surface area (Å²) in [5.41, 5.74) is 2.91. The summed E-state index contributed by atoms with van der Waals surface area (Å²) in [6.07, 6.45) is 2.09. The van der Waals surface area contributed by atoms with Gasteiger partial charge in [0.1, 0.15) is 0 Å². The third-order valence-electron chi connectivity index (χ3n) is 4.11. The van der Waals surface area contributed by atoms with Gasteiger partial charge in [-0.15, -0.1) is 0 Å². The van der Waals surface area contributed by atoms with Gasteiger partial charge in [-0.1, -0.05) is 42.5 Å². The second kappa shape index (κ2) is 7.64. The van der Waals surface area contributed by atoms with E-state index in [0.29, 0.717) is 5.69 Å². The van der Waals surface area contributed by atoms with Gasteiger partial charge in [0.2, 0.25) is 5.91 Å². The van der Waals surface area contributed by atoms with E-state index in [-0.39, 0.29) is 18.5 Å². The average Bonchev–Trinajstić information content (AvgIpc) is 3.16. The number of likely N-dealkylation sites (tertiary alicyclic amines) is 1. The van der Waals surface area contributed by atoms with Crippen molar-refractivity contribution >= 4 is 17.6 Å². The van der Waals surface area contributed by atoms with Gasteiger partial charge in [-0.25, -0.2) is 4.79 Å². The molecule has 0 aromatic heterocycles. The maximum Gasteiger partial charge on any atom is 0.319 e. The molecule has 0 bridgehead atoms. The van der Waals surface area contributed by atoms with Crippen molar-refractivity contribution in [2.45, 2.75) is 12.8 Å². The Bertz CT molecular complexity index is 692. The maximum atomic E-state index is 11.9. The summed E-state index contributed by atoms with van der Waals surface area (Å²) in [6, 6.07) is 17.3. The number of nitrogens with one attached hydrogen (secondary N) is 2. The van der Waals surface area contributed by atoms with Crippen LogP contribution in [0.3, 0.4) is 0 Å². The SMILES string of the molecule is O=C(NCC(=O)N1CCCC1)Nc1ccc(-c2ccccc2)cc1. The third-order valence-corrected chi connectivity index (χ3v) is 4.11. The Labute approximate surface area is 141 Å². The highest BCUT2D eigenvalue weighted by Crippen LogP contribution is 2.20. The van der Waals surface area contributed by atoms with Crippen LogP contribution in [-0.2, 0) is 4.79 Å². The van der Waals surface area contributed by atoms with Gasteiger partial charge >= 0.3 is 6.03 Å². The lowest BCUT2D eigenvalue weighted by Crippen LogP contribution is -2.40. The zero-order valence-corrected chi connectivity index (χ0v) is 13.5. The maximum absolute atomic E-state index is 11.9. The molecule has 3 amide bonds. The molecule has 3 rings (SSSR count). The molecule has 1 fully saturated rings. The summed E-state index contributed by atoms with van der Waals surface area (Å²) in [5, 5.41) is 5.36. The molecule has 0 spiro atoms. The van der Waals surface area contributed by atoms with Crippen LogP contribution >= 0.6 is 0 Å². The van der Waals surface area contributed by atoms with Crippen LogP contribution in [0.25, 0.3) is 11.1 Å². The molecule has 1 aliphatic heterocycles. The van der Waals surface area contributed by atoms with Gasteiger partial charge in [0.25, 0.3) is 0 Å². The monoisotopic (exact) mass is 323 g/mol. The molecular weight excluding hydrogens is 302 g/mol. The molecule has 24 heavy (non-hydrogen) atoms. The van der Waals surface area contributed by atoms with Crippen molar-refractivity contribution in [2.24, 2.45) is 0 Å². The number of carbonyl (C=O) groups is 2. The number of hydrogen-bond acceptors (Lipinski definition) is 2. The van der Waals surface area contributed by atoms with Crippen molar-refractivity contribution in [3.63, 3.8) is 0 Å². The number of benzene rings is 2. The third kappa shape index (κ3) is 4.13. The summed E-state index contributed by atoms with van der Waals surface area (Å²) >= 11 is 0. The molecule has 0 aliphatic carbocycles. The van der Waals surface area contributed by atoms with Gasteiger partial charge in [0, 0.05) is 18.8 Å². The Morgan fingerprint density at radius 1 is 0.875 bits per heavy atom.